The van der Waals surface area contributed by atoms with Crippen molar-refractivity contribution in [3.8, 4) is 5.75 Å². The summed E-state index contributed by atoms with van der Waals surface area (Å²) in [5, 5.41) is 1.40. The Labute approximate surface area is 149 Å². The number of ether oxygens (including phenoxy) is 1. The lowest BCUT2D eigenvalue weighted by molar-refractivity contribution is 0.0740. The molecule has 122 valence electrons. The lowest BCUT2D eigenvalue weighted by Crippen LogP contribution is -2.35. The number of hydrogen-bond acceptors (Lipinski definition) is 3. The lowest BCUT2D eigenvalue weighted by Gasteiger charge is -2.28. The average molecular weight is 358 g/mol. The van der Waals surface area contributed by atoms with Crippen molar-refractivity contribution in [2.45, 2.75) is 13.0 Å². The number of hydrogen-bond donors (Lipinski definition) is 0. The molecule has 3 aromatic rings. The third-order valence-corrected chi connectivity index (χ3v) is 6.11. The van der Waals surface area contributed by atoms with E-state index < -0.39 is 0 Å². The molecule has 0 N–H and O–H groups in total. The summed E-state index contributed by atoms with van der Waals surface area (Å²) >= 11 is 7.96. The number of benzene rings is 2. The highest BCUT2D eigenvalue weighted by atomic mass is 35.5. The Morgan fingerprint density at radius 1 is 1.21 bits per heavy atom. The lowest BCUT2D eigenvalue weighted by atomic mass is 10.00. The van der Waals surface area contributed by atoms with Gasteiger partial charge in [0.15, 0.2) is 0 Å². The Kier molecular flexibility index (Phi) is 3.94. The number of nitrogens with zero attached hydrogens (tertiary/aromatic N) is 1. The molecule has 24 heavy (non-hydrogen) atoms. The van der Waals surface area contributed by atoms with Crippen molar-refractivity contribution in [3.05, 3.63) is 63.5 Å². The van der Waals surface area contributed by atoms with E-state index in [9.17, 15) is 4.79 Å². The Balaban J connectivity index is 1.68. The fourth-order valence-electron chi connectivity index (χ4n) is 3.12. The third-order valence-electron chi connectivity index (χ3n) is 4.45. The molecule has 1 aromatic heterocycles. The molecule has 1 amide bonds. The smallest absolute Gasteiger partial charge is 0.265 e. The van der Waals surface area contributed by atoms with E-state index in [2.05, 4.69) is 12.1 Å². The first kappa shape index (κ1) is 15.5. The van der Waals surface area contributed by atoms with Crippen LogP contribution in [0.15, 0.2) is 42.5 Å². The van der Waals surface area contributed by atoms with Gasteiger partial charge in [0.2, 0.25) is 0 Å². The zero-order valence-corrected chi connectivity index (χ0v) is 14.8. The van der Waals surface area contributed by atoms with Gasteiger partial charge in [-0.05, 0) is 35.7 Å². The van der Waals surface area contributed by atoms with Crippen molar-refractivity contribution in [1.29, 1.82) is 0 Å². The zero-order chi connectivity index (χ0) is 16.7. The minimum absolute atomic E-state index is 0.00895. The Bertz CT molecular complexity index is 934. The largest absolute Gasteiger partial charge is 0.497 e. The minimum Gasteiger partial charge on any atom is -0.497 e. The van der Waals surface area contributed by atoms with E-state index in [4.69, 9.17) is 16.3 Å². The van der Waals surface area contributed by atoms with Gasteiger partial charge in [-0.25, -0.2) is 0 Å². The topological polar surface area (TPSA) is 29.5 Å². The molecule has 0 saturated carbocycles. The molecule has 0 spiro atoms. The van der Waals surface area contributed by atoms with Crippen molar-refractivity contribution in [2.75, 3.05) is 13.7 Å². The average Bonchev–Trinajstić information content (AvgIpc) is 2.96. The summed E-state index contributed by atoms with van der Waals surface area (Å²) < 4.78 is 6.25. The van der Waals surface area contributed by atoms with Crippen LogP contribution in [0.25, 0.3) is 10.1 Å². The fourth-order valence-corrected chi connectivity index (χ4v) is 4.58. The number of carbonyl (C=O) groups excluding carboxylic acids is 1. The highest BCUT2D eigenvalue weighted by Gasteiger charge is 2.25. The van der Waals surface area contributed by atoms with Gasteiger partial charge in [-0.3, -0.25) is 4.79 Å². The molecule has 0 unspecified atom stereocenters. The normalized spacial score (nSPS) is 13.8. The van der Waals surface area contributed by atoms with Crippen molar-refractivity contribution in [3.63, 3.8) is 0 Å². The minimum atomic E-state index is 0.00895. The molecule has 0 saturated heterocycles. The van der Waals surface area contributed by atoms with E-state index in [0.717, 1.165) is 28.8 Å². The molecule has 0 bridgehead atoms. The Hall–Kier alpha value is -2.04. The summed E-state index contributed by atoms with van der Waals surface area (Å²) in [4.78, 5) is 15.5. The SMILES string of the molecule is COc1ccc2sc(C(=O)N3CCc4ccccc4C3)c(Cl)c2c1. The summed E-state index contributed by atoms with van der Waals surface area (Å²) in [5.41, 5.74) is 2.55. The van der Waals surface area contributed by atoms with Gasteiger partial charge >= 0.3 is 0 Å². The third kappa shape index (κ3) is 2.56. The number of rotatable bonds is 2. The van der Waals surface area contributed by atoms with E-state index in [1.165, 1.54) is 22.5 Å². The Morgan fingerprint density at radius 3 is 2.79 bits per heavy atom. The number of fused-ring (bicyclic) bond motifs is 2. The second-order valence-corrected chi connectivity index (χ2v) is 7.28. The molecule has 3 nitrogen and oxygen atoms in total. The van der Waals surface area contributed by atoms with Crippen molar-refractivity contribution in [1.82, 2.24) is 4.90 Å². The van der Waals surface area contributed by atoms with Gasteiger partial charge in [0.05, 0.1) is 12.1 Å². The maximum Gasteiger partial charge on any atom is 0.265 e. The highest BCUT2D eigenvalue weighted by molar-refractivity contribution is 7.21. The van der Waals surface area contributed by atoms with Crippen LogP contribution in [0, 0.1) is 0 Å². The van der Waals surface area contributed by atoms with E-state index in [1.54, 1.807) is 7.11 Å². The summed E-state index contributed by atoms with van der Waals surface area (Å²) in [6.45, 7) is 1.37. The van der Waals surface area contributed by atoms with E-state index in [0.29, 0.717) is 16.4 Å². The van der Waals surface area contributed by atoms with Gasteiger partial charge in [-0.1, -0.05) is 35.9 Å². The van der Waals surface area contributed by atoms with Gasteiger partial charge in [-0.15, -0.1) is 11.3 Å². The second-order valence-electron chi connectivity index (χ2n) is 5.85. The molecule has 2 aromatic carbocycles. The molecule has 0 atom stereocenters. The quantitative estimate of drug-likeness (QED) is 0.661. The van der Waals surface area contributed by atoms with E-state index in [-0.39, 0.29) is 5.91 Å². The van der Waals surface area contributed by atoms with Crippen LogP contribution in [0.5, 0.6) is 5.75 Å². The molecule has 5 heteroatoms. The molecule has 1 aliphatic heterocycles. The monoisotopic (exact) mass is 357 g/mol. The first-order valence-electron chi connectivity index (χ1n) is 7.79. The zero-order valence-electron chi connectivity index (χ0n) is 13.2. The number of thiophene rings is 1. The molecule has 0 fully saturated rings. The van der Waals surface area contributed by atoms with Crippen LogP contribution in [0.4, 0.5) is 0 Å². The van der Waals surface area contributed by atoms with Crippen molar-refractivity contribution < 1.29 is 9.53 Å². The Morgan fingerprint density at radius 2 is 2.00 bits per heavy atom. The standard InChI is InChI=1S/C19H16ClNO2S/c1-23-14-6-7-16-15(10-14)17(20)18(24-16)19(22)21-9-8-12-4-2-3-5-13(12)11-21/h2-7,10H,8-9,11H2,1H3. The van der Waals surface area contributed by atoms with Crippen LogP contribution in [0.3, 0.4) is 0 Å². The molecule has 0 radical (unpaired) electrons. The predicted octanol–water partition coefficient (Wildman–Crippen LogP) is 4.76. The number of amides is 1. The number of halogens is 1. The maximum atomic E-state index is 13.0. The summed E-state index contributed by atoms with van der Waals surface area (Å²) in [6, 6.07) is 14.0. The van der Waals surface area contributed by atoms with Gasteiger partial charge in [0.25, 0.3) is 5.91 Å². The van der Waals surface area contributed by atoms with Gasteiger partial charge in [0.1, 0.15) is 10.6 Å². The fraction of sp³-hybridized carbons (Fsp3) is 0.211. The van der Waals surface area contributed by atoms with Gasteiger partial charge in [-0.2, -0.15) is 0 Å². The van der Waals surface area contributed by atoms with Crippen LogP contribution in [0.2, 0.25) is 5.02 Å². The molecular formula is C19H16ClNO2S. The number of carbonyl (C=O) groups is 1. The summed E-state index contributed by atoms with van der Waals surface area (Å²) in [5.74, 6) is 0.753. The van der Waals surface area contributed by atoms with Gasteiger partial charge < -0.3 is 9.64 Å². The molecule has 1 aliphatic rings. The predicted molar refractivity (Wildman–Crippen MR) is 98.3 cm³/mol. The molecule has 2 heterocycles. The summed E-state index contributed by atoms with van der Waals surface area (Å²) in [7, 11) is 1.62. The van der Waals surface area contributed by atoms with Crippen LogP contribution < -0.4 is 4.74 Å². The van der Waals surface area contributed by atoms with Crippen LogP contribution >= 0.6 is 22.9 Å². The molecule has 0 aliphatic carbocycles. The molecular weight excluding hydrogens is 342 g/mol. The maximum absolute atomic E-state index is 13.0. The van der Waals surface area contributed by atoms with Crippen LogP contribution in [0.1, 0.15) is 20.8 Å². The molecule has 4 rings (SSSR count). The van der Waals surface area contributed by atoms with E-state index >= 15 is 0 Å². The van der Waals surface area contributed by atoms with Gasteiger partial charge in [0, 0.05) is 23.2 Å². The van der Waals surface area contributed by atoms with Crippen molar-refractivity contribution in [2.24, 2.45) is 0 Å². The van der Waals surface area contributed by atoms with Crippen LogP contribution in [-0.2, 0) is 13.0 Å². The van der Waals surface area contributed by atoms with E-state index in [1.807, 2.05) is 35.2 Å². The first-order valence-corrected chi connectivity index (χ1v) is 8.99. The first-order chi connectivity index (χ1) is 11.7. The number of methoxy groups -OCH3 is 1. The van der Waals surface area contributed by atoms with Crippen molar-refractivity contribution >= 4 is 38.9 Å². The highest BCUT2D eigenvalue weighted by Crippen LogP contribution is 2.38. The second kappa shape index (κ2) is 6.11. The summed E-state index contributed by atoms with van der Waals surface area (Å²) in [6.07, 6.45) is 0.887. The van der Waals surface area contributed by atoms with Crippen LogP contribution in [-0.4, -0.2) is 24.5 Å².